The van der Waals surface area contributed by atoms with Crippen molar-refractivity contribution in [2.24, 2.45) is 0 Å². The number of benzene rings is 4. The predicted octanol–water partition coefficient (Wildman–Crippen LogP) is 9.54. The maximum absolute atomic E-state index is 3.79. The van der Waals surface area contributed by atoms with Crippen LogP contribution in [0.2, 0.25) is 0 Å². The summed E-state index contributed by atoms with van der Waals surface area (Å²) in [7, 11) is 0. The number of para-hydroxylation sites is 3. The summed E-state index contributed by atoms with van der Waals surface area (Å²) < 4.78 is 4.62. The number of hydrogen-bond donors (Lipinski definition) is 0. The summed E-state index contributed by atoms with van der Waals surface area (Å²) >= 11 is 7.53. The van der Waals surface area contributed by atoms with Crippen LogP contribution in [-0.4, -0.2) is 4.57 Å². The zero-order chi connectivity index (χ0) is 22.8. The Bertz CT molecular complexity index is 1730. The Labute approximate surface area is 215 Å². The van der Waals surface area contributed by atoms with Gasteiger partial charge < -0.3 is 4.57 Å². The molecule has 1 unspecified atom stereocenters. The number of nitrogens with zero attached hydrogens (tertiary/aromatic N) is 1. The average Bonchev–Trinajstić information content (AvgIpc) is 3.07. The Morgan fingerprint density at radius 1 is 0.706 bits per heavy atom. The molecule has 3 heteroatoms. The van der Waals surface area contributed by atoms with Gasteiger partial charge >= 0.3 is 0 Å². The minimum atomic E-state index is 0.156. The summed E-state index contributed by atoms with van der Waals surface area (Å²) in [4.78, 5) is 0. The minimum absolute atomic E-state index is 0.156. The van der Waals surface area contributed by atoms with Crippen molar-refractivity contribution >= 4 is 59.2 Å². The minimum Gasteiger partial charge on any atom is -0.308 e. The van der Waals surface area contributed by atoms with Crippen molar-refractivity contribution in [2.75, 3.05) is 0 Å². The van der Waals surface area contributed by atoms with Crippen molar-refractivity contribution in [3.63, 3.8) is 0 Å². The fraction of sp³-hybridized carbons (Fsp3) is 0.0323. The first-order valence-corrected chi connectivity index (χ1v) is 13.0. The lowest BCUT2D eigenvalue weighted by molar-refractivity contribution is 1.08. The lowest BCUT2D eigenvalue weighted by atomic mass is 9.87. The van der Waals surface area contributed by atoms with Crippen molar-refractivity contribution in [2.45, 2.75) is 5.92 Å². The first-order chi connectivity index (χ1) is 16.7. The van der Waals surface area contributed by atoms with Crippen LogP contribution in [0.15, 0.2) is 118 Å². The molecule has 1 aliphatic carbocycles. The normalized spacial score (nSPS) is 16.5. The third-order valence-corrected chi connectivity index (χ3v) is 7.92. The molecular formula is C31H19Br2N. The van der Waals surface area contributed by atoms with Gasteiger partial charge in [0.2, 0.25) is 0 Å². The van der Waals surface area contributed by atoms with Crippen molar-refractivity contribution in [1.29, 1.82) is 0 Å². The third-order valence-electron chi connectivity index (χ3n) is 6.93. The highest BCUT2D eigenvalue weighted by atomic mass is 79.9. The summed E-state index contributed by atoms with van der Waals surface area (Å²) in [6, 6.07) is 30.9. The molecule has 0 amide bonds. The Morgan fingerprint density at radius 3 is 2.44 bits per heavy atom. The maximum atomic E-state index is 3.79. The van der Waals surface area contributed by atoms with Crippen LogP contribution in [-0.2, 0) is 0 Å². The van der Waals surface area contributed by atoms with Crippen LogP contribution in [0.3, 0.4) is 0 Å². The van der Waals surface area contributed by atoms with E-state index in [2.05, 4.69) is 146 Å². The van der Waals surface area contributed by atoms with Gasteiger partial charge in [-0.3, -0.25) is 0 Å². The van der Waals surface area contributed by atoms with Gasteiger partial charge in [0.15, 0.2) is 0 Å². The topological polar surface area (TPSA) is 4.93 Å². The first kappa shape index (κ1) is 20.3. The van der Waals surface area contributed by atoms with Gasteiger partial charge in [-0.2, -0.15) is 0 Å². The summed E-state index contributed by atoms with van der Waals surface area (Å²) in [5.41, 5.74) is 9.93. The van der Waals surface area contributed by atoms with E-state index in [9.17, 15) is 0 Å². The second-order valence-electron chi connectivity index (χ2n) is 8.84. The van der Waals surface area contributed by atoms with Gasteiger partial charge in [-0.15, -0.1) is 0 Å². The van der Waals surface area contributed by atoms with Crippen LogP contribution >= 0.6 is 31.9 Å². The van der Waals surface area contributed by atoms with Crippen molar-refractivity contribution in [3.05, 3.63) is 129 Å². The third kappa shape index (κ3) is 2.97. The number of hydrogen-bond acceptors (Lipinski definition) is 0. The number of aromatic nitrogens is 1. The predicted molar refractivity (Wildman–Crippen MR) is 151 cm³/mol. The molecule has 1 aliphatic heterocycles. The van der Waals surface area contributed by atoms with Crippen molar-refractivity contribution < 1.29 is 0 Å². The van der Waals surface area contributed by atoms with E-state index < -0.39 is 0 Å². The zero-order valence-electron chi connectivity index (χ0n) is 18.2. The van der Waals surface area contributed by atoms with Crippen LogP contribution in [0.25, 0.3) is 44.2 Å². The van der Waals surface area contributed by atoms with Crippen LogP contribution in [0.4, 0.5) is 0 Å². The van der Waals surface area contributed by atoms with E-state index in [0.717, 1.165) is 8.96 Å². The van der Waals surface area contributed by atoms with Gasteiger partial charge in [-0.25, -0.2) is 0 Å². The molecule has 2 aliphatic rings. The summed E-state index contributed by atoms with van der Waals surface area (Å²) in [5.74, 6) is 0.156. The first-order valence-electron chi connectivity index (χ1n) is 11.4. The molecule has 4 aromatic carbocycles. The molecule has 1 nitrogen and oxygen atoms in total. The summed E-state index contributed by atoms with van der Waals surface area (Å²) in [5, 5.41) is 2.55. The molecule has 5 aromatic rings. The SMILES string of the molecule is BrC1=CC2=CC(C=C1)c1ccc(Br)cc1-c1ccccc1-n1c3ccccc3c3cccc2c31. The van der Waals surface area contributed by atoms with Crippen LogP contribution in [0.5, 0.6) is 0 Å². The molecule has 2 bridgehead atoms. The van der Waals surface area contributed by atoms with E-state index in [1.807, 2.05) is 0 Å². The molecule has 0 saturated carbocycles. The Morgan fingerprint density at radius 2 is 1.50 bits per heavy atom. The molecule has 162 valence electrons. The number of halogens is 2. The summed E-state index contributed by atoms with van der Waals surface area (Å²) in [6.07, 6.45) is 9.13. The van der Waals surface area contributed by atoms with E-state index in [-0.39, 0.29) is 5.92 Å². The van der Waals surface area contributed by atoms with E-state index in [1.165, 1.54) is 55.3 Å². The number of rotatable bonds is 0. The van der Waals surface area contributed by atoms with Gasteiger partial charge in [-0.1, -0.05) is 111 Å². The molecule has 0 saturated heterocycles. The van der Waals surface area contributed by atoms with Gasteiger partial charge in [0.1, 0.15) is 0 Å². The van der Waals surface area contributed by atoms with Crippen molar-refractivity contribution in [3.8, 4) is 16.8 Å². The Balaban J connectivity index is 1.76. The fourth-order valence-electron chi connectivity index (χ4n) is 5.50. The number of fused-ring (bicyclic) bond motifs is 10. The molecule has 1 aromatic heterocycles. The van der Waals surface area contributed by atoms with Crippen LogP contribution in [0, 0.1) is 0 Å². The average molecular weight is 565 g/mol. The fourth-order valence-corrected chi connectivity index (χ4v) is 6.26. The second-order valence-corrected chi connectivity index (χ2v) is 10.7. The molecule has 1 atom stereocenters. The molecule has 0 radical (unpaired) electrons. The summed E-state index contributed by atoms with van der Waals surface area (Å²) in [6.45, 7) is 0. The van der Waals surface area contributed by atoms with E-state index in [0.29, 0.717) is 0 Å². The molecule has 2 heterocycles. The van der Waals surface area contributed by atoms with Crippen LogP contribution in [0.1, 0.15) is 17.0 Å². The highest BCUT2D eigenvalue weighted by Gasteiger charge is 2.24. The Hall–Kier alpha value is -3.14. The van der Waals surface area contributed by atoms with Gasteiger partial charge in [-0.05, 0) is 47.0 Å². The number of allylic oxidation sites excluding steroid dienone is 6. The standard InChI is InChI=1S/C31H19Br2N/c32-21-13-12-19-16-20(17-21)24-8-5-9-27-25-6-1-3-10-29(25)34(31(24)27)30-11-4-2-7-26(30)28-18-22(33)14-15-23(19)28/h1-19H. The highest BCUT2D eigenvalue weighted by molar-refractivity contribution is 9.12. The molecule has 0 N–H and O–H groups in total. The molecule has 0 fully saturated rings. The highest BCUT2D eigenvalue weighted by Crippen LogP contribution is 2.44. The monoisotopic (exact) mass is 563 g/mol. The second kappa shape index (κ2) is 7.69. The van der Waals surface area contributed by atoms with E-state index in [1.54, 1.807) is 0 Å². The molecular weight excluding hydrogens is 546 g/mol. The lowest BCUT2D eigenvalue weighted by Gasteiger charge is -2.22. The van der Waals surface area contributed by atoms with Gasteiger partial charge in [0.25, 0.3) is 0 Å². The largest absolute Gasteiger partial charge is 0.308 e. The smallest absolute Gasteiger partial charge is 0.0619 e. The van der Waals surface area contributed by atoms with Crippen LogP contribution < -0.4 is 0 Å². The maximum Gasteiger partial charge on any atom is 0.0619 e. The Kier molecular flexibility index (Phi) is 4.58. The molecule has 34 heavy (non-hydrogen) atoms. The zero-order valence-corrected chi connectivity index (χ0v) is 21.3. The molecule has 7 rings (SSSR count). The van der Waals surface area contributed by atoms with E-state index >= 15 is 0 Å². The quantitative estimate of drug-likeness (QED) is 0.176. The lowest BCUT2D eigenvalue weighted by Crippen LogP contribution is -2.04. The van der Waals surface area contributed by atoms with Crippen molar-refractivity contribution in [1.82, 2.24) is 4.57 Å². The van der Waals surface area contributed by atoms with E-state index in [4.69, 9.17) is 0 Å². The molecule has 0 spiro atoms. The van der Waals surface area contributed by atoms with Gasteiger partial charge in [0, 0.05) is 36.8 Å². The van der Waals surface area contributed by atoms with Gasteiger partial charge in [0.05, 0.1) is 16.7 Å².